The van der Waals surface area contributed by atoms with Gasteiger partial charge >= 0.3 is 6.03 Å². The van der Waals surface area contributed by atoms with Crippen LogP contribution in [0.25, 0.3) is 0 Å². The summed E-state index contributed by atoms with van der Waals surface area (Å²) in [5.74, 6) is 6.17. The Labute approximate surface area is 108 Å². The van der Waals surface area contributed by atoms with Crippen molar-refractivity contribution in [1.82, 2.24) is 9.91 Å². The van der Waals surface area contributed by atoms with Crippen LogP contribution in [0.15, 0.2) is 24.3 Å². The molecule has 4 heteroatoms. The Morgan fingerprint density at radius 3 is 2.50 bits per heavy atom. The Bertz CT molecular complexity index is 414. The van der Waals surface area contributed by atoms with E-state index in [1.54, 1.807) is 4.90 Å². The molecule has 0 aromatic heterocycles. The molecule has 2 N–H and O–H groups in total. The smallest absolute Gasteiger partial charge is 0.319 e. The topological polar surface area (TPSA) is 49.6 Å². The van der Waals surface area contributed by atoms with E-state index < -0.39 is 0 Å². The van der Waals surface area contributed by atoms with Crippen molar-refractivity contribution in [3.63, 3.8) is 0 Å². The molecular formula is C14H21N3O. The second-order valence-corrected chi connectivity index (χ2v) is 5.15. The van der Waals surface area contributed by atoms with E-state index in [0.717, 1.165) is 18.5 Å². The standard InChI is InChI=1S/C14H21N3O/c1-11(2)13-6-4-12(5-7-13)10-16-8-3-9-17(15)14(16)18/h4-7,11H,3,8-10,15H2,1-2H3. The third kappa shape index (κ3) is 2.82. The molecule has 1 saturated heterocycles. The Kier molecular flexibility index (Phi) is 3.87. The number of carbonyl (C=O) groups excluding carboxylic acids is 1. The van der Waals surface area contributed by atoms with Crippen LogP contribution in [0.3, 0.4) is 0 Å². The Balaban J connectivity index is 2.02. The first-order valence-corrected chi connectivity index (χ1v) is 6.48. The summed E-state index contributed by atoms with van der Waals surface area (Å²) in [4.78, 5) is 13.6. The molecule has 1 fully saturated rings. The summed E-state index contributed by atoms with van der Waals surface area (Å²) in [6.45, 7) is 6.44. The minimum atomic E-state index is -0.0748. The van der Waals surface area contributed by atoms with Crippen LogP contribution in [-0.2, 0) is 6.54 Å². The Morgan fingerprint density at radius 2 is 1.89 bits per heavy atom. The first-order valence-electron chi connectivity index (χ1n) is 6.48. The molecule has 0 radical (unpaired) electrons. The molecule has 1 aliphatic heterocycles. The zero-order chi connectivity index (χ0) is 13.1. The zero-order valence-electron chi connectivity index (χ0n) is 11.1. The molecule has 18 heavy (non-hydrogen) atoms. The molecule has 0 aliphatic carbocycles. The normalized spacial score (nSPS) is 16.6. The predicted octanol–water partition coefficient (Wildman–Crippen LogP) is 2.31. The number of amides is 2. The van der Waals surface area contributed by atoms with Crippen molar-refractivity contribution < 1.29 is 4.79 Å². The Hall–Kier alpha value is -1.55. The Morgan fingerprint density at radius 1 is 1.22 bits per heavy atom. The second-order valence-electron chi connectivity index (χ2n) is 5.15. The van der Waals surface area contributed by atoms with Gasteiger partial charge in [-0.25, -0.2) is 10.6 Å². The first kappa shape index (κ1) is 12.9. The van der Waals surface area contributed by atoms with Crippen LogP contribution in [-0.4, -0.2) is 29.0 Å². The number of urea groups is 1. The lowest BCUT2D eigenvalue weighted by molar-refractivity contribution is 0.127. The summed E-state index contributed by atoms with van der Waals surface area (Å²) in [5.41, 5.74) is 2.48. The number of carbonyl (C=O) groups is 1. The molecule has 0 spiro atoms. The highest BCUT2D eigenvalue weighted by atomic mass is 16.2. The highest BCUT2D eigenvalue weighted by Gasteiger charge is 2.23. The van der Waals surface area contributed by atoms with Gasteiger partial charge in [0.1, 0.15) is 0 Å². The molecule has 2 amide bonds. The van der Waals surface area contributed by atoms with Gasteiger partial charge in [0.15, 0.2) is 0 Å². The van der Waals surface area contributed by atoms with Gasteiger partial charge in [0.05, 0.1) is 0 Å². The number of hydrogen-bond donors (Lipinski definition) is 1. The highest BCUT2D eigenvalue weighted by Crippen LogP contribution is 2.17. The van der Waals surface area contributed by atoms with E-state index >= 15 is 0 Å². The summed E-state index contributed by atoms with van der Waals surface area (Å²) in [7, 11) is 0. The SMILES string of the molecule is CC(C)c1ccc(CN2CCCN(N)C2=O)cc1. The van der Waals surface area contributed by atoms with Crippen LogP contribution >= 0.6 is 0 Å². The maximum absolute atomic E-state index is 11.8. The highest BCUT2D eigenvalue weighted by molar-refractivity contribution is 5.74. The van der Waals surface area contributed by atoms with E-state index in [4.69, 9.17) is 5.84 Å². The van der Waals surface area contributed by atoms with Crippen molar-refractivity contribution in [1.29, 1.82) is 0 Å². The third-order valence-electron chi connectivity index (χ3n) is 3.36. The van der Waals surface area contributed by atoms with Crippen molar-refractivity contribution in [2.75, 3.05) is 13.1 Å². The summed E-state index contributed by atoms with van der Waals surface area (Å²) in [5, 5.41) is 1.30. The monoisotopic (exact) mass is 247 g/mol. The van der Waals surface area contributed by atoms with Crippen LogP contribution in [0.1, 0.15) is 37.3 Å². The molecule has 1 aromatic carbocycles. The van der Waals surface area contributed by atoms with Crippen molar-refractivity contribution in [3.8, 4) is 0 Å². The lowest BCUT2D eigenvalue weighted by Gasteiger charge is -2.32. The molecule has 98 valence electrons. The molecule has 4 nitrogen and oxygen atoms in total. The maximum atomic E-state index is 11.8. The van der Waals surface area contributed by atoms with E-state index in [2.05, 4.69) is 38.1 Å². The van der Waals surface area contributed by atoms with Crippen molar-refractivity contribution in [3.05, 3.63) is 35.4 Å². The zero-order valence-corrected chi connectivity index (χ0v) is 11.1. The molecule has 1 heterocycles. The van der Waals surface area contributed by atoms with Crippen LogP contribution in [0.5, 0.6) is 0 Å². The number of hydrogen-bond acceptors (Lipinski definition) is 2. The summed E-state index contributed by atoms with van der Waals surface area (Å²) < 4.78 is 0. The van der Waals surface area contributed by atoms with Gasteiger partial charge < -0.3 is 4.90 Å². The van der Waals surface area contributed by atoms with E-state index in [-0.39, 0.29) is 6.03 Å². The maximum Gasteiger partial charge on any atom is 0.334 e. The molecule has 0 unspecified atom stereocenters. The minimum Gasteiger partial charge on any atom is -0.319 e. The van der Waals surface area contributed by atoms with E-state index in [0.29, 0.717) is 19.0 Å². The molecule has 0 bridgehead atoms. The lowest BCUT2D eigenvalue weighted by Crippen LogP contribution is -2.52. The minimum absolute atomic E-state index is 0.0748. The molecule has 1 aliphatic rings. The first-order chi connectivity index (χ1) is 8.58. The largest absolute Gasteiger partial charge is 0.334 e. The summed E-state index contributed by atoms with van der Waals surface area (Å²) in [6.07, 6.45) is 0.937. The average Bonchev–Trinajstić information content (AvgIpc) is 2.36. The van der Waals surface area contributed by atoms with Crippen LogP contribution < -0.4 is 5.84 Å². The molecule has 0 saturated carbocycles. The number of nitrogens with zero attached hydrogens (tertiary/aromatic N) is 2. The molecular weight excluding hydrogens is 226 g/mol. The van der Waals surface area contributed by atoms with Crippen LogP contribution in [0.2, 0.25) is 0 Å². The summed E-state index contributed by atoms with van der Waals surface area (Å²) >= 11 is 0. The number of nitrogens with two attached hydrogens (primary N) is 1. The fourth-order valence-electron chi connectivity index (χ4n) is 2.18. The lowest BCUT2D eigenvalue weighted by atomic mass is 10.0. The predicted molar refractivity (Wildman–Crippen MR) is 71.8 cm³/mol. The quantitative estimate of drug-likeness (QED) is 0.658. The molecule has 1 aromatic rings. The van der Waals surface area contributed by atoms with Gasteiger partial charge in [-0.3, -0.25) is 5.01 Å². The van der Waals surface area contributed by atoms with Gasteiger partial charge in [-0.15, -0.1) is 0 Å². The van der Waals surface area contributed by atoms with E-state index in [1.807, 2.05) is 0 Å². The number of hydrazine groups is 1. The van der Waals surface area contributed by atoms with E-state index in [1.165, 1.54) is 10.6 Å². The van der Waals surface area contributed by atoms with E-state index in [9.17, 15) is 4.79 Å². The van der Waals surface area contributed by atoms with Crippen molar-refractivity contribution >= 4 is 6.03 Å². The van der Waals surface area contributed by atoms with Gasteiger partial charge in [0.2, 0.25) is 0 Å². The fourth-order valence-corrected chi connectivity index (χ4v) is 2.18. The third-order valence-corrected chi connectivity index (χ3v) is 3.36. The van der Waals surface area contributed by atoms with Gasteiger partial charge in [-0.05, 0) is 23.5 Å². The van der Waals surface area contributed by atoms with Gasteiger partial charge in [0.25, 0.3) is 0 Å². The molecule has 2 rings (SSSR count). The average molecular weight is 247 g/mol. The number of benzene rings is 1. The van der Waals surface area contributed by atoms with Gasteiger partial charge in [-0.2, -0.15) is 0 Å². The van der Waals surface area contributed by atoms with Crippen molar-refractivity contribution in [2.45, 2.75) is 32.7 Å². The molecule has 0 atom stereocenters. The van der Waals surface area contributed by atoms with Crippen LogP contribution in [0, 0.1) is 0 Å². The second kappa shape index (κ2) is 5.40. The van der Waals surface area contributed by atoms with Crippen LogP contribution in [0.4, 0.5) is 4.79 Å². The van der Waals surface area contributed by atoms with Gasteiger partial charge in [-0.1, -0.05) is 38.1 Å². The number of rotatable bonds is 3. The van der Waals surface area contributed by atoms with Crippen molar-refractivity contribution in [2.24, 2.45) is 5.84 Å². The fraction of sp³-hybridized carbons (Fsp3) is 0.500. The summed E-state index contributed by atoms with van der Waals surface area (Å²) in [6, 6.07) is 8.38. The van der Waals surface area contributed by atoms with Gasteiger partial charge in [0, 0.05) is 19.6 Å².